The van der Waals surface area contributed by atoms with Gasteiger partial charge in [0, 0.05) is 12.6 Å². The van der Waals surface area contributed by atoms with Crippen LogP contribution in [0.5, 0.6) is 0 Å². The normalized spacial score (nSPS) is 10.5. The molecule has 1 aromatic carbocycles. The molecule has 1 heterocycles. The fourth-order valence-corrected chi connectivity index (χ4v) is 1.59. The summed E-state index contributed by atoms with van der Waals surface area (Å²) in [4.78, 5) is 10.9. The van der Waals surface area contributed by atoms with E-state index in [0.717, 1.165) is 24.4 Å². The highest BCUT2D eigenvalue weighted by molar-refractivity contribution is 5.94. The van der Waals surface area contributed by atoms with Crippen molar-refractivity contribution in [3.63, 3.8) is 0 Å². The first-order valence-electron chi connectivity index (χ1n) is 4.71. The highest BCUT2D eigenvalue weighted by Gasteiger charge is 2.19. The van der Waals surface area contributed by atoms with Crippen LogP contribution in [0.2, 0.25) is 0 Å². The van der Waals surface area contributed by atoms with E-state index in [1.165, 1.54) is 11.7 Å². The summed E-state index contributed by atoms with van der Waals surface area (Å²) in [5.74, 6) is -2.58. The number of carboxylic acids is 1. The Balaban J connectivity index is 2.71. The number of rotatable bonds is 2. The summed E-state index contributed by atoms with van der Waals surface area (Å²) in [5, 5.41) is 12.7. The van der Waals surface area contributed by atoms with Gasteiger partial charge >= 0.3 is 5.97 Å². The van der Waals surface area contributed by atoms with Crippen LogP contribution in [-0.4, -0.2) is 20.9 Å². The summed E-state index contributed by atoms with van der Waals surface area (Å²) in [6.45, 7) is 0. The second kappa shape index (κ2) is 3.97. The van der Waals surface area contributed by atoms with Crippen LogP contribution in [0.15, 0.2) is 24.4 Å². The van der Waals surface area contributed by atoms with Crippen molar-refractivity contribution in [2.45, 2.75) is 0 Å². The second-order valence-electron chi connectivity index (χ2n) is 3.46. The molecule has 17 heavy (non-hydrogen) atoms. The van der Waals surface area contributed by atoms with Gasteiger partial charge in [-0.15, -0.1) is 0 Å². The lowest BCUT2D eigenvalue weighted by Gasteiger charge is -2.05. The number of hydrogen-bond acceptors (Lipinski definition) is 2. The third-order valence-corrected chi connectivity index (χ3v) is 2.35. The van der Waals surface area contributed by atoms with Gasteiger partial charge in [-0.05, 0) is 18.2 Å². The SMILES string of the molecule is Cn1ncc(C(=O)O)c1-c1cc(F)ccc1F. The first kappa shape index (κ1) is 11.3. The van der Waals surface area contributed by atoms with E-state index in [2.05, 4.69) is 5.10 Å². The Bertz CT molecular complexity index is 593. The lowest BCUT2D eigenvalue weighted by Crippen LogP contribution is -2.02. The van der Waals surface area contributed by atoms with Crippen molar-refractivity contribution in [2.75, 3.05) is 0 Å². The average molecular weight is 238 g/mol. The molecule has 0 amide bonds. The molecule has 0 radical (unpaired) electrons. The largest absolute Gasteiger partial charge is 0.478 e. The minimum absolute atomic E-state index is 0.0366. The lowest BCUT2D eigenvalue weighted by molar-refractivity contribution is 0.0697. The number of halogens is 2. The molecule has 2 aromatic rings. The molecule has 6 heteroatoms. The van der Waals surface area contributed by atoms with Crippen molar-refractivity contribution in [3.05, 3.63) is 41.6 Å². The Kier molecular flexibility index (Phi) is 2.63. The Morgan fingerprint density at radius 1 is 1.41 bits per heavy atom. The minimum atomic E-state index is -1.24. The average Bonchev–Trinajstić information content (AvgIpc) is 2.64. The van der Waals surface area contributed by atoms with Crippen molar-refractivity contribution < 1.29 is 18.7 Å². The number of aromatic nitrogens is 2. The molecule has 0 saturated carbocycles. The van der Waals surface area contributed by atoms with Gasteiger partial charge in [0.1, 0.15) is 17.2 Å². The first-order chi connectivity index (χ1) is 8.00. The summed E-state index contributed by atoms with van der Waals surface area (Å²) >= 11 is 0. The van der Waals surface area contributed by atoms with Crippen LogP contribution in [0.1, 0.15) is 10.4 Å². The van der Waals surface area contributed by atoms with Gasteiger partial charge < -0.3 is 5.11 Å². The van der Waals surface area contributed by atoms with E-state index < -0.39 is 17.6 Å². The van der Waals surface area contributed by atoms with Crippen LogP contribution in [0, 0.1) is 11.6 Å². The Labute approximate surface area is 95.1 Å². The van der Waals surface area contributed by atoms with Gasteiger partial charge in [0.15, 0.2) is 0 Å². The van der Waals surface area contributed by atoms with Crippen molar-refractivity contribution in [3.8, 4) is 11.3 Å². The molecule has 0 bridgehead atoms. The van der Waals surface area contributed by atoms with Gasteiger partial charge in [-0.3, -0.25) is 4.68 Å². The van der Waals surface area contributed by atoms with Crippen molar-refractivity contribution in [1.82, 2.24) is 9.78 Å². The number of aromatic carboxylic acids is 1. The molecule has 4 nitrogen and oxygen atoms in total. The highest BCUT2D eigenvalue weighted by atomic mass is 19.1. The molecular formula is C11H8F2N2O2. The summed E-state index contributed by atoms with van der Waals surface area (Å²) in [5.41, 5.74) is -0.256. The summed E-state index contributed by atoms with van der Waals surface area (Å²) < 4.78 is 27.8. The zero-order valence-electron chi connectivity index (χ0n) is 8.82. The van der Waals surface area contributed by atoms with Crippen molar-refractivity contribution in [1.29, 1.82) is 0 Å². The van der Waals surface area contributed by atoms with Crippen LogP contribution in [0.3, 0.4) is 0 Å². The Morgan fingerprint density at radius 3 is 2.76 bits per heavy atom. The van der Waals surface area contributed by atoms with E-state index in [1.807, 2.05) is 0 Å². The smallest absolute Gasteiger partial charge is 0.339 e. The molecule has 2 rings (SSSR count). The molecule has 0 atom stereocenters. The number of carbonyl (C=O) groups is 1. The quantitative estimate of drug-likeness (QED) is 0.871. The predicted octanol–water partition coefficient (Wildman–Crippen LogP) is 2.06. The van der Waals surface area contributed by atoms with Crippen LogP contribution in [-0.2, 0) is 7.05 Å². The van der Waals surface area contributed by atoms with Crippen molar-refractivity contribution >= 4 is 5.97 Å². The molecule has 88 valence electrons. The number of benzene rings is 1. The van der Waals surface area contributed by atoms with E-state index in [4.69, 9.17) is 5.11 Å². The van der Waals surface area contributed by atoms with E-state index in [0.29, 0.717) is 0 Å². The number of hydrogen-bond donors (Lipinski definition) is 1. The standard InChI is InChI=1S/C11H8F2N2O2/c1-15-10(8(5-14-15)11(16)17)7-4-6(12)2-3-9(7)13/h2-5H,1H3,(H,16,17). The highest BCUT2D eigenvalue weighted by Crippen LogP contribution is 2.26. The van der Waals surface area contributed by atoms with E-state index in [-0.39, 0.29) is 16.8 Å². The van der Waals surface area contributed by atoms with Gasteiger partial charge in [0.25, 0.3) is 0 Å². The molecule has 0 spiro atoms. The Morgan fingerprint density at radius 2 is 2.12 bits per heavy atom. The molecule has 0 aliphatic rings. The van der Waals surface area contributed by atoms with Gasteiger partial charge in [0.05, 0.1) is 11.9 Å². The number of aryl methyl sites for hydroxylation is 1. The molecule has 0 saturated heterocycles. The Hall–Kier alpha value is -2.24. The summed E-state index contributed by atoms with van der Waals surface area (Å²) in [6.07, 6.45) is 1.10. The number of carboxylic acid groups (broad SMARTS) is 1. The molecule has 1 N–H and O–H groups in total. The second-order valence-corrected chi connectivity index (χ2v) is 3.46. The van der Waals surface area contributed by atoms with Gasteiger partial charge in [0.2, 0.25) is 0 Å². The van der Waals surface area contributed by atoms with Crippen molar-refractivity contribution in [2.24, 2.45) is 7.05 Å². The third-order valence-electron chi connectivity index (χ3n) is 2.35. The molecule has 1 aromatic heterocycles. The fourth-order valence-electron chi connectivity index (χ4n) is 1.59. The van der Waals surface area contributed by atoms with E-state index in [1.54, 1.807) is 0 Å². The van der Waals surface area contributed by atoms with Crippen LogP contribution in [0.25, 0.3) is 11.3 Å². The molecule has 0 aliphatic carbocycles. The fraction of sp³-hybridized carbons (Fsp3) is 0.0909. The maximum absolute atomic E-state index is 13.6. The molecular weight excluding hydrogens is 230 g/mol. The topological polar surface area (TPSA) is 55.1 Å². The maximum Gasteiger partial charge on any atom is 0.339 e. The first-order valence-corrected chi connectivity index (χ1v) is 4.71. The molecule has 0 aliphatic heterocycles. The summed E-state index contributed by atoms with van der Waals surface area (Å²) in [7, 11) is 1.46. The minimum Gasteiger partial charge on any atom is -0.478 e. The molecule has 0 unspecified atom stereocenters. The van der Waals surface area contributed by atoms with E-state index >= 15 is 0 Å². The lowest BCUT2D eigenvalue weighted by atomic mass is 10.1. The zero-order valence-corrected chi connectivity index (χ0v) is 8.82. The summed E-state index contributed by atoms with van der Waals surface area (Å²) in [6, 6.07) is 2.86. The molecule has 0 fully saturated rings. The van der Waals surface area contributed by atoms with Crippen LogP contribution >= 0.6 is 0 Å². The van der Waals surface area contributed by atoms with Gasteiger partial charge in [-0.25, -0.2) is 13.6 Å². The monoisotopic (exact) mass is 238 g/mol. The number of nitrogens with zero attached hydrogens (tertiary/aromatic N) is 2. The van der Waals surface area contributed by atoms with Crippen LogP contribution < -0.4 is 0 Å². The predicted molar refractivity (Wildman–Crippen MR) is 55.5 cm³/mol. The van der Waals surface area contributed by atoms with Crippen LogP contribution in [0.4, 0.5) is 8.78 Å². The van der Waals surface area contributed by atoms with E-state index in [9.17, 15) is 13.6 Å². The zero-order chi connectivity index (χ0) is 12.6. The third kappa shape index (κ3) is 1.89. The van der Waals surface area contributed by atoms with Gasteiger partial charge in [-0.1, -0.05) is 0 Å². The maximum atomic E-state index is 13.6. The van der Waals surface area contributed by atoms with Gasteiger partial charge in [-0.2, -0.15) is 5.10 Å².